The molecule has 0 aliphatic heterocycles. The summed E-state index contributed by atoms with van der Waals surface area (Å²) in [5, 5.41) is 3.59. The normalized spacial score (nSPS) is 10.5. The van der Waals surface area contributed by atoms with Crippen molar-refractivity contribution >= 4 is 22.8 Å². The molecule has 0 saturated heterocycles. The van der Waals surface area contributed by atoms with Crippen LogP contribution >= 0.6 is 0 Å². The van der Waals surface area contributed by atoms with Gasteiger partial charge in [0, 0.05) is 23.1 Å². The summed E-state index contributed by atoms with van der Waals surface area (Å²) in [6.07, 6.45) is 0. The summed E-state index contributed by atoms with van der Waals surface area (Å²) in [6, 6.07) is 14.1. The fraction of sp³-hybridized carbons (Fsp3) is 0.200. The number of nitrogens with one attached hydrogen (secondary N) is 1. The van der Waals surface area contributed by atoms with Gasteiger partial charge in [0.15, 0.2) is 0 Å². The van der Waals surface area contributed by atoms with E-state index >= 15 is 0 Å². The highest BCUT2D eigenvalue weighted by Gasteiger charge is 2.22. The number of amides is 1. The average Bonchev–Trinajstić information content (AvgIpc) is 3.05. The SMILES string of the molecule is CCOC(=O)c1oc2ccccc2c1CNC(=O)c1ccc(OC)cc1. The molecular weight excluding hydrogens is 334 g/mol. The van der Waals surface area contributed by atoms with Crippen LogP contribution in [0.25, 0.3) is 11.0 Å². The highest BCUT2D eigenvalue weighted by Crippen LogP contribution is 2.26. The minimum absolute atomic E-state index is 0.114. The third kappa shape index (κ3) is 3.54. The van der Waals surface area contributed by atoms with Crippen molar-refractivity contribution < 1.29 is 23.5 Å². The molecule has 1 aromatic heterocycles. The second-order valence-electron chi connectivity index (χ2n) is 5.54. The number of para-hydroxylation sites is 1. The van der Waals surface area contributed by atoms with Gasteiger partial charge in [-0.05, 0) is 37.3 Å². The summed E-state index contributed by atoms with van der Waals surface area (Å²) >= 11 is 0. The van der Waals surface area contributed by atoms with Crippen LogP contribution in [0.1, 0.15) is 33.4 Å². The van der Waals surface area contributed by atoms with Crippen LogP contribution in [0.5, 0.6) is 5.75 Å². The number of methoxy groups -OCH3 is 1. The molecule has 0 unspecified atom stereocenters. The van der Waals surface area contributed by atoms with Crippen LogP contribution in [0.2, 0.25) is 0 Å². The van der Waals surface area contributed by atoms with Gasteiger partial charge >= 0.3 is 5.97 Å². The largest absolute Gasteiger partial charge is 0.497 e. The molecule has 1 heterocycles. The molecule has 0 aliphatic carbocycles. The Morgan fingerprint density at radius 1 is 1.08 bits per heavy atom. The van der Waals surface area contributed by atoms with Crippen molar-refractivity contribution in [3.63, 3.8) is 0 Å². The van der Waals surface area contributed by atoms with E-state index in [1.54, 1.807) is 44.4 Å². The lowest BCUT2D eigenvalue weighted by atomic mass is 10.1. The Morgan fingerprint density at radius 2 is 1.81 bits per heavy atom. The molecule has 0 saturated carbocycles. The molecular formula is C20H19NO5. The highest BCUT2D eigenvalue weighted by molar-refractivity contribution is 5.97. The van der Waals surface area contributed by atoms with Crippen molar-refractivity contribution in [3.05, 3.63) is 65.4 Å². The van der Waals surface area contributed by atoms with E-state index in [-0.39, 0.29) is 24.8 Å². The number of fused-ring (bicyclic) bond motifs is 1. The molecule has 0 fully saturated rings. The topological polar surface area (TPSA) is 77.8 Å². The van der Waals surface area contributed by atoms with Crippen LogP contribution in [0, 0.1) is 0 Å². The molecule has 6 heteroatoms. The first-order chi connectivity index (χ1) is 12.6. The second-order valence-corrected chi connectivity index (χ2v) is 5.54. The van der Waals surface area contributed by atoms with E-state index in [1.807, 2.05) is 18.2 Å². The monoisotopic (exact) mass is 353 g/mol. The molecule has 0 bridgehead atoms. The molecule has 0 radical (unpaired) electrons. The zero-order valence-corrected chi connectivity index (χ0v) is 14.6. The minimum atomic E-state index is -0.544. The van der Waals surface area contributed by atoms with Crippen molar-refractivity contribution in [2.45, 2.75) is 13.5 Å². The van der Waals surface area contributed by atoms with Crippen molar-refractivity contribution in [3.8, 4) is 5.75 Å². The molecule has 6 nitrogen and oxygen atoms in total. The number of carbonyl (C=O) groups is 2. The number of carbonyl (C=O) groups excluding carboxylic acids is 2. The van der Waals surface area contributed by atoms with Crippen LogP contribution < -0.4 is 10.1 Å². The first-order valence-electron chi connectivity index (χ1n) is 8.23. The summed E-state index contributed by atoms with van der Waals surface area (Å²) in [5.74, 6) is -0.0137. The maximum Gasteiger partial charge on any atom is 0.374 e. The minimum Gasteiger partial charge on any atom is -0.497 e. The van der Waals surface area contributed by atoms with E-state index in [9.17, 15) is 9.59 Å². The first kappa shape index (κ1) is 17.5. The van der Waals surface area contributed by atoms with Gasteiger partial charge in [0.25, 0.3) is 5.91 Å². The number of benzene rings is 2. The zero-order chi connectivity index (χ0) is 18.5. The van der Waals surface area contributed by atoms with Gasteiger partial charge in [-0.15, -0.1) is 0 Å². The smallest absolute Gasteiger partial charge is 0.374 e. The predicted octanol–water partition coefficient (Wildman–Crippen LogP) is 3.55. The highest BCUT2D eigenvalue weighted by atomic mass is 16.5. The van der Waals surface area contributed by atoms with E-state index in [4.69, 9.17) is 13.9 Å². The molecule has 0 spiro atoms. The number of esters is 1. The van der Waals surface area contributed by atoms with E-state index in [1.165, 1.54) is 0 Å². The number of hydrogen-bond acceptors (Lipinski definition) is 5. The Bertz CT molecular complexity index is 927. The Morgan fingerprint density at radius 3 is 2.50 bits per heavy atom. The standard InChI is InChI=1S/C20H19NO5/c1-3-25-20(23)18-16(15-6-4-5-7-17(15)26-18)12-21-19(22)13-8-10-14(24-2)11-9-13/h4-11H,3,12H2,1-2H3,(H,21,22). The number of hydrogen-bond donors (Lipinski definition) is 1. The molecule has 134 valence electrons. The number of ether oxygens (including phenoxy) is 2. The molecule has 0 atom stereocenters. The zero-order valence-electron chi connectivity index (χ0n) is 14.6. The molecule has 1 N–H and O–H groups in total. The molecule has 0 aliphatic rings. The van der Waals surface area contributed by atoms with E-state index < -0.39 is 5.97 Å². The Kier molecular flexibility index (Phi) is 5.22. The fourth-order valence-electron chi connectivity index (χ4n) is 2.65. The average molecular weight is 353 g/mol. The summed E-state index contributed by atoms with van der Waals surface area (Å²) in [6.45, 7) is 2.12. The van der Waals surface area contributed by atoms with Gasteiger partial charge in [0.1, 0.15) is 11.3 Å². The van der Waals surface area contributed by atoms with Crippen LogP contribution in [-0.2, 0) is 11.3 Å². The lowest BCUT2D eigenvalue weighted by Gasteiger charge is -2.07. The maximum absolute atomic E-state index is 12.4. The van der Waals surface area contributed by atoms with Crippen LogP contribution in [-0.4, -0.2) is 25.6 Å². The van der Waals surface area contributed by atoms with E-state index in [0.717, 1.165) is 5.39 Å². The van der Waals surface area contributed by atoms with Crippen molar-refractivity contribution in [1.82, 2.24) is 5.32 Å². The third-order valence-corrected chi connectivity index (χ3v) is 3.94. The van der Waals surface area contributed by atoms with Crippen LogP contribution in [0.4, 0.5) is 0 Å². The van der Waals surface area contributed by atoms with Crippen molar-refractivity contribution in [1.29, 1.82) is 0 Å². The second kappa shape index (κ2) is 7.74. The van der Waals surface area contributed by atoms with Gasteiger partial charge in [-0.25, -0.2) is 4.79 Å². The summed E-state index contributed by atoms with van der Waals surface area (Å²) in [7, 11) is 1.57. The molecule has 3 rings (SSSR count). The van der Waals surface area contributed by atoms with Gasteiger partial charge in [-0.3, -0.25) is 4.79 Å². The molecule has 26 heavy (non-hydrogen) atoms. The maximum atomic E-state index is 12.4. The summed E-state index contributed by atoms with van der Waals surface area (Å²) < 4.78 is 15.8. The lowest BCUT2D eigenvalue weighted by molar-refractivity contribution is 0.0490. The third-order valence-electron chi connectivity index (χ3n) is 3.94. The van der Waals surface area contributed by atoms with Gasteiger partial charge in [-0.2, -0.15) is 0 Å². The summed E-state index contributed by atoms with van der Waals surface area (Å²) in [4.78, 5) is 24.6. The number of rotatable bonds is 6. The van der Waals surface area contributed by atoms with Gasteiger partial charge in [0.2, 0.25) is 5.76 Å². The van der Waals surface area contributed by atoms with Crippen LogP contribution in [0.15, 0.2) is 52.9 Å². The van der Waals surface area contributed by atoms with Gasteiger partial charge in [0.05, 0.1) is 13.7 Å². The van der Waals surface area contributed by atoms with Crippen LogP contribution in [0.3, 0.4) is 0 Å². The van der Waals surface area contributed by atoms with E-state index in [0.29, 0.717) is 22.5 Å². The Labute approximate surface area is 150 Å². The molecule has 3 aromatic rings. The fourth-order valence-corrected chi connectivity index (χ4v) is 2.65. The molecule has 1 amide bonds. The predicted molar refractivity (Wildman–Crippen MR) is 96.3 cm³/mol. The van der Waals surface area contributed by atoms with Gasteiger partial charge < -0.3 is 19.2 Å². The number of furan rings is 1. The van der Waals surface area contributed by atoms with Crippen molar-refractivity contribution in [2.75, 3.05) is 13.7 Å². The Balaban J connectivity index is 1.83. The van der Waals surface area contributed by atoms with E-state index in [2.05, 4.69) is 5.32 Å². The Hall–Kier alpha value is -3.28. The summed E-state index contributed by atoms with van der Waals surface area (Å²) in [5.41, 5.74) is 1.67. The van der Waals surface area contributed by atoms with Crippen molar-refractivity contribution in [2.24, 2.45) is 0 Å². The lowest BCUT2D eigenvalue weighted by Crippen LogP contribution is -2.23. The first-order valence-corrected chi connectivity index (χ1v) is 8.23. The molecule has 2 aromatic carbocycles. The quantitative estimate of drug-likeness (QED) is 0.686. The van der Waals surface area contributed by atoms with Gasteiger partial charge in [-0.1, -0.05) is 18.2 Å².